The Labute approximate surface area is 81.0 Å². The van der Waals surface area contributed by atoms with Gasteiger partial charge in [-0.05, 0) is 23.8 Å². The lowest BCUT2D eigenvalue weighted by atomic mass is 9.95. The average Bonchev–Trinajstić information content (AvgIpc) is 2.46. The van der Waals surface area contributed by atoms with Crippen molar-refractivity contribution in [1.82, 2.24) is 9.78 Å². The molecule has 1 rings (SSSR count). The van der Waals surface area contributed by atoms with E-state index >= 15 is 0 Å². The van der Waals surface area contributed by atoms with Crippen LogP contribution >= 0.6 is 0 Å². The van der Waals surface area contributed by atoms with Gasteiger partial charge in [0.25, 0.3) is 0 Å². The number of hydrogen-bond acceptors (Lipinski definition) is 1. The number of aryl methyl sites for hydroxylation is 1. The lowest BCUT2D eigenvalue weighted by Crippen LogP contribution is -2.05. The van der Waals surface area contributed by atoms with Gasteiger partial charge in [-0.25, -0.2) is 0 Å². The molecule has 13 heavy (non-hydrogen) atoms. The van der Waals surface area contributed by atoms with E-state index < -0.39 is 0 Å². The quantitative estimate of drug-likeness (QED) is 0.699. The first-order valence-corrected chi connectivity index (χ1v) is 5.09. The predicted octanol–water partition coefficient (Wildman–Crippen LogP) is 3.06. The minimum Gasteiger partial charge on any atom is -0.272 e. The smallest absolute Gasteiger partial charge is 0.0527 e. The lowest BCUT2D eigenvalue weighted by Gasteiger charge is -2.14. The van der Waals surface area contributed by atoms with Crippen molar-refractivity contribution < 1.29 is 0 Å². The molecule has 1 aromatic heterocycles. The summed E-state index contributed by atoms with van der Waals surface area (Å²) in [6.45, 7) is 8.94. The average molecular weight is 180 g/mol. The zero-order valence-corrected chi connectivity index (χ0v) is 9.33. The summed E-state index contributed by atoms with van der Waals surface area (Å²) in [6.07, 6.45) is 3.19. The zero-order chi connectivity index (χ0) is 10.0. The largest absolute Gasteiger partial charge is 0.272 e. The van der Waals surface area contributed by atoms with Gasteiger partial charge in [-0.2, -0.15) is 5.10 Å². The van der Waals surface area contributed by atoms with Crippen molar-refractivity contribution in [2.75, 3.05) is 0 Å². The van der Waals surface area contributed by atoms with Gasteiger partial charge in [0.05, 0.1) is 6.20 Å². The molecule has 0 unspecified atom stereocenters. The van der Waals surface area contributed by atoms with Crippen LogP contribution in [0, 0.1) is 0 Å². The molecule has 0 bridgehead atoms. The van der Waals surface area contributed by atoms with Crippen molar-refractivity contribution in [3.63, 3.8) is 0 Å². The van der Waals surface area contributed by atoms with Crippen LogP contribution in [0.2, 0.25) is 0 Å². The second-order valence-corrected chi connectivity index (χ2v) is 4.07. The second-order valence-electron chi connectivity index (χ2n) is 4.07. The summed E-state index contributed by atoms with van der Waals surface area (Å²) in [7, 11) is 2.04. The van der Waals surface area contributed by atoms with E-state index in [9.17, 15) is 0 Å². The molecule has 0 fully saturated rings. The van der Waals surface area contributed by atoms with Crippen molar-refractivity contribution in [3.8, 4) is 0 Å². The molecule has 0 spiro atoms. The van der Waals surface area contributed by atoms with Gasteiger partial charge in [0.15, 0.2) is 0 Å². The molecule has 2 heteroatoms. The molecule has 0 aliphatic heterocycles. The monoisotopic (exact) mass is 180 g/mol. The van der Waals surface area contributed by atoms with Crippen LogP contribution in [0.1, 0.15) is 57.2 Å². The minimum atomic E-state index is 0.581. The third-order valence-corrected chi connectivity index (χ3v) is 2.72. The SMILES string of the molecule is CC[C@@H](C)c1c(C(C)C)cnn1C. The molecule has 0 N–H and O–H groups in total. The standard InChI is InChI=1S/C11H20N2/c1-6-9(4)11-10(8(2)3)7-12-13(11)5/h7-9H,6H2,1-5H3/t9-/m1/s1. The molecule has 0 aromatic carbocycles. The van der Waals surface area contributed by atoms with Crippen LogP contribution in [0.25, 0.3) is 0 Å². The maximum atomic E-state index is 4.32. The highest BCUT2D eigenvalue weighted by Crippen LogP contribution is 2.27. The summed E-state index contributed by atoms with van der Waals surface area (Å²) in [5, 5.41) is 4.32. The van der Waals surface area contributed by atoms with E-state index in [1.165, 1.54) is 17.7 Å². The van der Waals surface area contributed by atoms with Gasteiger partial charge >= 0.3 is 0 Å². The number of hydrogen-bond donors (Lipinski definition) is 0. The van der Waals surface area contributed by atoms with Crippen LogP contribution in [0.3, 0.4) is 0 Å². The van der Waals surface area contributed by atoms with Crippen molar-refractivity contribution in [2.24, 2.45) is 7.05 Å². The van der Waals surface area contributed by atoms with E-state index in [1.807, 2.05) is 17.9 Å². The molecule has 2 nitrogen and oxygen atoms in total. The van der Waals surface area contributed by atoms with Crippen LogP contribution in [-0.2, 0) is 7.05 Å². The van der Waals surface area contributed by atoms with Gasteiger partial charge in [-0.15, -0.1) is 0 Å². The Kier molecular flexibility index (Phi) is 3.12. The van der Waals surface area contributed by atoms with Gasteiger partial charge < -0.3 is 0 Å². The lowest BCUT2D eigenvalue weighted by molar-refractivity contribution is 0.614. The fraction of sp³-hybridized carbons (Fsp3) is 0.727. The van der Waals surface area contributed by atoms with Crippen LogP contribution in [0.15, 0.2) is 6.20 Å². The minimum absolute atomic E-state index is 0.581. The van der Waals surface area contributed by atoms with Crippen LogP contribution in [0.4, 0.5) is 0 Å². The van der Waals surface area contributed by atoms with Crippen molar-refractivity contribution >= 4 is 0 Å². The highest BCUT2D eigenvalue weighted by molar-refractivity contribution is 5.24. The van der Waals surface area contributed by atoms with Gasteiger partial charge in [0.1, 0.15) is 0 Å². The fourth-order valence-electron chi connectivity index (χ4n) is 1.71. The maximum Gasteiger partial charge on any atom is 0.0527 e. The number of nitrogens with zero attached hydrogens (tertiary/aromatic N) is 2. The molecule has 1 heterocycles. The zero-order valence-electron chi connectivity index (χ0n) is 9.33. The molecule has 0 radical (unpaired) electrons. The third kappa shape index (κ3) is 1.93. The highest BCUT2D eigenvalue weighted by Gasteiger charge is 2.15. The Morgan fingerprint density at radius 1 is 1.38 bits per heavy atom. The van der Waals surface area contributed by atoms with E-state index in [0.29, 0.717) is 11.8 Å². The molecule has 0 saturated carbocycles. The van der Waals surface area contributed by atoms with E-state index in [0.717, 1.165) is 0 Å². The molecule has 0 aliphatic carbocycles. The van der Waals surface area contributed by atoms with Gasteiger partial charge in [0, 0.05) is 12.7 Å². The van der Waals surface area contributed by atoms with Crippen molar-refractivity contribution in [3.05, 3.63) is 17.5 Å². The first kappa shape index (κ1) is 10.3. The normalized spacial score (nSPS) is 13.7. The molecule has 0 amide bonds. The Balaban J connectivity index is 3.08. The maximum absolute atomic E-state index is 4.32. The van der Waals surface area contributed by atoms with E-state index in [1.54, 1.807) is 0 Å². The summed E-state index contributed by atoms with van der Waals surface area (Å²) >= 11 is 0. The Hall–Kier alpha value is -0.790. The Morgan fingerprint density at radius 3 is 2.46 bits per heavy atom. The molecule has 0 aliphatic rings. The highest BCUT2D eigenvalue weighted by atomic mass is 15.3. The summed E-state index contributed by atoms with van der Waals surface area (Å²) in [5.74, 6) is 1.20. The Bertz CT molecular complexity index is 274. The first-order valence-electron chi connectivity index (χ1n) is 5.09. The van der Waals surface area contributed by atoms with Crippen molar-refractivity contribution in [1.29, 1.82) is 0 Å². The van der Waals surface area contributed by atoms with Crippen LogP contribution < -0.4 is 0 Å². The molecule has 1 atom stereocenters. The number of aromatic nitrogens is 2. The number of rotatable bonds is 3. The van der Waals surface area contributed by atoms with Crippen molar-refractivity contribution in [2.45, 2.75) is 46.0 Å². The van der Waals surface area contributed by atoms with E-state index in [2.05, 4.69) is 32.8 Å². The summed E-state index contributed by atoms with van der Waals surface area (Å²) in [4.78, 5) is 0. The molecular weight excluding hydrogens is 160 g/mol. The van der Waals surface area contributed by atoms with Gasteiger partial charge in [-0.1, -0.05) is 27.7 Å². The van der Waals surface area contributed by atoms with E-state index in [4.69, 9.17) is 0 Å². The first-order chi connectivity index (χ1) is 6.07. The molecular formula is C11H20N2. The second kappa shape index (κ2) is 3.95. The summed E-state index contributed by atoms with van der Waals surface area (Å²) in [6, 6.07) is 0. The molecule has 0 saturated heterocycles. The molecule has 74 valence electrons. The topological polar surface area (TPSA) is 17.8 Å². The van der Waals surface area contributed by atoms with Crippen LogP contribution in [0.5, 0.6) is 0 Å². The third-order valence-electron chi connectivity index (χ3n) is 2.72. The summed E-state index contributed by atoms with van der Waals surface area (Å²) < 4.78 is 2.02. The molecule has 1 aromatic rings. The van der Waals surface area contributed by atoms with E-state index in [-0.39, 0.29) is 0 Å². The Morgan fingerprint density at radius 2 is 2.00 bits per heavy atom. The summed E-state index contributed by atoms with van der Waals surface area (Å²) in [5.41, 5.74) is 2.80. The van der Waals surface area contributed by atoms with Gasteiger partial charge in [0.2, 0.25) is 0 Å². The van der Waals surface area contributed by atoms with Gasteiger partial charge in [-0.3, -0.25) is 4.68 Å². The van der Waals surface area contributed by atoms with Crippen LogP contribution in [-0.4, -0.2) is 9.78 Å². The fourth-order valence-corrected chi connectivity index (χ4v) is 1.71. The predicted molar refractivity (Wildman–Crippen MR) is 56.0 cm³/mol.